The molecule has 0 radical (unpaired) electrons. The lowest BCUT2D eigenvalue weighted by molar-refractivity contribution is -0.137. The first kappa shape index (κ1) is 21.1. The third-order valence-corrected chi connectivity index (χ3v) is 4.10. The van der Waals surface area contributed by atoms with E-state index < -0.39 is 5.97 Å². The highest BCUT2D eigenvalue weighted by Gasteiger charge is 2.13. The van der Waals surface area contributed by atoms with Crippen LogP contribution in [0.3, 0.4) is 0 Å². The van der Waals surface area contributed by atoms with Crippen molar-refractivity contribution in [2.45, 2.75) is 19.3 Å². The van der Waals surface area contributed by atoms with Crippen LogP contribution in [0.1, 0.15) is 17.5 Å². The van der Waals surface area contributed by atoms with Crippen molar-refractivity contribution in [3.63, 3.8) is 0 Å². The Morgan fingerprint density at radius 1 is 1.04 bits per heavy atom. The molecular weight excluding hydrogens is 362 g/mol. The van der Waals surface area contributed by atoms with Gasteiger partial charge < -0.3 is 24.6 Å². The number of carbonyl (C=O) groups excluding carboxylic acids is 1. The molecule has 1 amide bonds. The first-order chi connectivity index (χ1) is 13.5. The summed E-state index contributed by atoms with van der Waals surface area (Å²) in [6.45, 7) is 0.321. The summed E-state index contributed by atoms with van der Waals surface area (Å²) in [6.07, 6.45) is 0.990. The number of methoxy groups -OCH3 is 2. The van der Waals surface area contributed by atoms with E-state index in [1.165, 1.54) is 7.11 Å². The number of para-hydroxylation sites is 1. The average molecular weight is 387 g/mol. The topological polar surface area (TPSA) is 94.1 Å². The van der Waals surface area contributed by atoms with Gasteiger partial charge in [0.2, 0.25) is 0 Å². The van der Waals surface area contributed by atoms with E-state index in [0.29, 0.717) is 30.9 Å². The van der Waals surface area contributed by atoms with E-state index in [2.05, 4.69) is 5.32 Å². The van der Waals surface area contributed by atoms with E-state index in [-0.39, 0.29) is 18.9 Å². The summed E-state index contributed by atoms with van der Waals surface area (Å²) in [4.78, 5) is 22.8. The van der Waals surface area contributed by atoms with Gasteiger partial charge in [-0.2, -0.15) is 0 Å². The standard InChI is InChI=1S/C21H25NO6/c1-26-17-7-3-5-15(13-17)11-12-22-19(23)14-28-18-8-4-6-16(21(18)27-2)9-10-20(24)25/h3-8,13H,9-12,14H2,1-2H3,(H,22,23)(H,24,25). The van der Waals surface area contributed by atoms with E-state index in [0.717, 1.165) is 16.9 Å². The summed E-state index contributed by atoms with van der Waals surface area (Å²) in [7, 11) is 3.10. The van der Waals surface area contributed by atoms with E-state index in [1.54, 1.807) is 25.3 Å². The van der Waals surface area contributed by atoms with Crippen LogP contribution in [0, 0.1) is 0 Å². The molecule has 0 aromatic heterocycles. The Kier molecular flexibility index (Phi) is 8.14. The van der Waals surface area contributed by atoms with Gasteiger partial charge in [-0.05, 0) is 42.2 Å². The fraction of sp³-hybridized carbons (Fsp3) is 0.333. The molecular formula is C21H25NO6. The number of amides is 1. The molecule has 0 heterocycles. The van der Waals surface area contributed by atoms with Gasteiger partial charge in [0.05, 0.1) is 14.2 Å². The molecule has 7 heteroatoms. The third kappa shape index (κ3) is 6.50. The van der Waals surface area contributed by atoms with E-state index in [9.17, 15) is 9.59 Å². The quantitative estimate of drug-likeness (QED) is 0.615. The van der Waals surface area contributed by atoms with Gasteiger partial charge in [0, 0.05) is 13.0 Å². The number of hydrogen-bond acceptors (Lipinski definition) is 5. The normalized spacial score (nSPS) is 10.2. The van der Waals surface area contributed by atoms with Gasteiger partial charge in [-0.3, -0.25) is 9.59 Å². The molecule has 0 saturated carbocycles. The molecule has 0 saturated heterocycles. The minimum atomic E-state index is -0.885. The van der Waals surface area contributed by atoms with Gasteiger partial charge in [-0.25, -0.2) is 0 Å². The second kappa shape index (κ2) is 10.8. The van der Waals surface area contributed by atoms with Gasteiger partial charge in [-0.15, -0.1) is 0 Å². The number of carbonyl (C=O) groups is 2. The van der Waals surface area contributed by atoms with E-state index >= 15 is 0 Å². The molecule has 0 bridgehead atoms. The van der Waals surface area contributed by atoms with E-state index in [1.807, 2.05) is 24.3 Å². The lowest BCUT2D eigenvalue weighted by Gasteiger charge is -2.14. The SMILES string of the molecule is COc1cccc(CCNC(=O)COc2cccc(CCC(=O)O)c2OC)c1. The zero-order valence-electron chi connectivity index (χ0n) is 16.1. The lowest BCUT2D eigenvalue weighted by Crippen LogP contribution is -2.30. The van der Waals surface area contributed by atoms with Gasteiger partial charge in [-0.1, -0.05) is 24.3 Å². The molecule has 2 aromatic rings. The fourth-order valence-electron chi connectivity index (χ4n) is 2.71. The largest absolute Gasteiger partial charge is 0.497 e. The molecule has 0 aliphatic carbocycles. The van der Waals surface area contributed by atoms with Crippen LogP contribution in [0.4, 0.5) is 0 Å². The predicted octanol–water partition coefficient (Wildman–Crippen LogP) is 2.46. The minimum Gasteiger partial charge on any atom is -0.497 e. The van der Waals surface area contributed by atoms with Crippen LogP contribution in [0.25, 0.3) is 0 Å². The Balaban J connectivity index is 1.84. The number of benzene rings is 2. The molecule has 0 aliphatic heterocycles. The van der Waals surface area contributed by atoms with Gasteiger partial charge in [0.1, 0.15) is 5.75 Å². The Hall–Kier alpha value is -3.22. The van der Waals surface area contributed by atoms with Crippen molar-refractivity contribution < 1.29 is 28.9 Å². The van der Waals surface area contributed by atoms with Gasteiger partial charge in [0.15, 0.2) is 18.1 Å². The number of rotatable bonds is 11. The van der Waals surface area contributed by atoms with Crippen LogP contribution < -0.4 is 19.5 Å². The molecule has 0 spiro atoms. The molecule has 0 aliphatic rings. The van der Waals surface area contributed by atoms with Crippen molar-refractivity contribution in [1.29, 1.82) is 0 Å². The molecule has 2 rings (SSSR count). The van der Waals surface area contributed by atoms with Crippen LogP contribution in [0.2, 0.25) is 0 Å². The maximum Gasteiger partial charge on any atom is 0.303 e. The van der Waals surface area contributed by atoms with Crippen molar-refractivity contribution in [3.05, 3.63) is 53.6 Å². The molecule has 2 N–H and O–H groups in total. The number of aliphatic carboxylic acids is 1. The van der Waals surface area contributed by atoms with Crippen molar-refractivity contribution >= 4 is 11.9 Å². The Labute approximate surface area is 164 Å². The molecule has 150 valence electrons. The maximum absolute atomic E-state index is 12.0. The van der Waals surface area contributed by atoms with Crippen LogP contribution in [-0.2, 0) is 22.4 Å². The van der Waals surface area contributed by atoms with Gasteiger partial charge in [0.25, 0.3) is 5.91 Å². The Bertz CT molecular complexity index is 805. The van der Waals surface area contributed by atoms with Crippen molar-refractivity contribution in [2.75, 3.05) is 27.4 Å². The van der Waals surface area contributed by atoms with Crippen LogP contribution in [-0.4, -0.2) is 44.4 Å². The Morgan fingerprint density at radius 3 is 2.54 bits per heavy atom. The molecule has 7 nitrogen and oxygen atoms in total. The average Bonchev–Trinajstić information content (AvgIpc) is 2.70. The summed E-state index contributed by atoms with van der Waals surface area (Å²) in [5.41, 5.74) is 1.79. The van der Waals surface area contributed by atoms with Gasteiger partial charge >= 0.3 is 5.97 Å². The number of ether oxygens (including phenoxy) is 3. The van der Waals surface area contributed by atoms with Crippen molar-refractivity contribution in [3.8, 4) is 17.2 Å². The second-order valence-electron chi connectivity index (χ2n) is 6.08. The molecule has 0 fully saturated rings. The zero-order valence-corrected chi connectivity index (χ0v) is 16.1. The van der Waals surface area contributed by atoms with Crippen LogP contribution in [0.5, 0.6) is 17.2 Å². The van der Waals surface area contributed by atoms with Crippen LogP contribution >= 0.6 is 0 Å². The highest BCUT2D eigenvalue weighted by atomic mass is 16.5. The maximum atomic E-state index is 12.0. The highest BCUT2D eigenvalue weighted by Crippen LogP contribution is 2.31. The Morgan fingerprint density at radius 2 is 1.82 bits per heavy atom. The molecule has 2 aromatic carbocycles. The first-order valence-corrected chi connectivity index (χ1v) is 8.93. The third-order valence-electron chi connectivity index (χ3n) is 4.10. The summed E-state index contributed by atoms with van der Waals surface area (Å²) in [6, 6.07) is 12.9. The number of carboxylic acids is 1. The lowest BCUT2D eigenvalue weighted by atomic mass is 10.1. The van der Waals surface area contributed by atoms with Crippen molar-refractivity contribution in [2.24, 2.45) is 0 Å². The predicted molar refractivity (Wildman–Crippen MR) is 104 cm³/mol. The molecule has 28 heavy (non-hydrogen) atoms. The highest BCUT2D eigenvalue weighted by molar-refractivity contribution is 5.77. The number of hydrogen-bond donors (Lipinski definition) is 2. The summed E-state index contributed by atoms with van der Waals surface area (Å²) in [5.74, 6) is 0.507. The summed E-state index contributed by atoms with van der Waals surface area (Å²) >= 11 is 0. The second-order valence-corrected chi connectivity index (χ2v) is 6.08. The van der Waals surface area contributed by atoms with E-state index in [4.69, 9.17) is 19.3 Å². The minimum absolute atomic E-state index is 0.00935. The molecule has 0 unspecified atom stereocenters. The fourth-order valence-corrected chi connectivity index (χ4v) is 2.71. The number of carboxylic acid groups (broad SMARTS) is 1. The van der Waals surface area contributed by atoms with Crippen molar-refractivity contribution in [1.82, 2.24) is 5.32 Å². The monoisotopic (exact) mass is 387 g/mol. The summed E-state index contributed by atoms with van der Waals surface area (Å²) < 4.78 is 16.1. The first-order valence-electron chi connectivity index (χ1n) is 8.93. The smallest absolute Gasteiger partial charge is 0.303 e. The molecule has 0 atom stereocenters. The number of nitrogens with one attached hydrogen (secondary N) is 1. The number of aryl methyl sites for hydroxylation is 1. The van der Waals surface area contributed by atoms with Crippen LogP contribution in [0.15, 0.2) is 42.5 Å². The summed E-state index contributed by atoms with van der Waals surface area (Å²) in [5, 5.41) is 11.7. The zero-order chi connectivity index (χ0) is 20.4.